The van der Waals surface area contributed by atoms with Gasteiger partial charge in [-0.15, -0.1) is 0 Å². The molecular weight excluding hydrogens is 310 g/mol. The number of carbonyl (C=O) groups excluding carboxylic acids is 2. The molecule has 2 aromatic rings. The van der Waals surface area contributed by atoms with Crippen molar-refractivity contribution < 1.29 is 19.1 Å². The molecule has 0 spiro atoms. The number of nitrogens with zero attached hydrogens (tertiary/aromatic N) is 1. The molecule has 0 saturated carbocycles. The van der Waals surface area contributed by atoms with E-state index in [1.54, 1.807) is 36.4 Å². The highest BCUT2D eigenvalue weighted by atomic mass is 16.7. The number of benzene rings is 2. The van der Waals surface area contributed by atoms with Gasteiger partial charge in [0.2, 0.25) is 6.79 Å². The molecule has 7 heteroatoms. The van der Waals surface area contributed by atoms with E-state index in [2.05, 4.69) is 10.6 Å². The number of anilines is 1. The molecule has 24 heavy (non-hydrogen) atoms. The van der Waals surface area contributed by atoms with Gasteiger partial charge >= 0.3 is 11.8 Å². The summed E-state index contributed by atoms with van der Waals surface area (Å²) in [4.78, 5) is 23.7. The Morgan fingerprint density at radius 2 is 1.92 bits per heavy atom. The highest BCUT2D eigenvalue weighted by Gasteiger charge is 2.16. The summed E-state index contributed by atoms with van der Waals surface area (Å²) in [7, 11) is 0. The molecule has 0 aliphatic carbocycles. The Morgan fingerprint density at radius 3 is 2.75 bits per heavy atom. The quantitative estimate of drug-likeness (QED) is 0.835. The van der Waals surface area contributed by atoms with Gasteiger partial charge in [0, 0.05) is 12.2 Å². The first kappa shape index (κ1) is 15.4. The average molecular weight is 323 g/mol. The number of carbonyl (C=O) groups is 2. The number of fused-ring (bicyclic) bond motifs is 1. The van der Waals surface area contributed by atoms with Gasteiger partial charge in [0.25, 0.3) is 0 Å². The molecule has 0 fully saturated rings. The van der Waals surface area contributed by atoms with Crippen molar-refractivity contribution in [2.75, 3.05) is 12.1 Å². The third kappa shape index (κ3) is 3.44. The Balaban J connectivity index is 1.56. The molecule has 0 unspecified atom stereocenters. The third-order valence-electron chi connectivity index (χ3n) is 3.35. The maximum absolute atomic E-state index is 11.9. The molecule has 2 aromatic carbocycles. The van der Waals surface area contributed by atoms with Crippen molar-refractivity contribution in [3.63, 3.8) is 0 Å². The van der Waals surface area contributed by atoms with E-state index in [9.17, 15) is 9.59 Å². The molecule has 0 radical (unpaired) electrons. The minimum Gasteiger partial charge on any atom is -0.454 e. The van der Waals surface area contributed by atoms with Gasteiger partial charge in [-0.05, 0) is 35.9 Å². The summed E-state index contributed by atoms with van der Waals surface area (Å²) in [5, 5.41) is 13.8. The van der Waals surface area contributed by atoms with E-state index in [1.807, 2.05) is 6.07 Å². The van der Waals surface area contributed by atoms with Gasteiger partial charge in [-0.25, -0.2) is 0 Å². The van der Waals surface area contributed by atoms with Crippen LogP contribution in [0.5, 0.6) is 11.5 Å². The van der Waals surface area contributed by atoms with Crippen molar-refractivity contribution in [3.8, 4) is 17.6 Å². The zero-order valence-electron chi connectivity index (χ0n) is 12.5. The molecule has 3 rings (SSSR count). The third-order valence-corrected chi connectivity index (χ3v) is 3.35. The van der Waals surface area contributed by atoms with Gasteiger partial charge in [-0.2, -0.15) is 5.26 Å². The molecule has 2 N–H and O–H groups in total. The molecule has 1 heterocycles. The van der Waals surface area contributed by atoms with E-state index in [4.69, 9.17) is 14.7 Å². The summed E-state index contributed by atoms with van der Waals surface area (Å²) in [6.07, 6.45) is 0. The van der Waals surface area contributed by atoms with Crippen molar-refractivity contribution in [1.29, 1.82) is 5.26 Å². The van der Waals surface area contributed by atoms with Gasteiger partial charge in [0.1, 0.15) is 0 Å². The largest absolute Gasteiger partial charge is 0.454 e. The van der Waals surface area contributed by atoms with Crippen LogP contribution in [0, 0.1) is 11.3 Å². The minimum absolute atomic E-state index is 0.176. The second-order valence-electron chi connectivity index (χ2n) is 5.02. The average Bonchev–Trinajstić information content (AvgIpc) is 3.07. The first-order chi connectivity index (χ1) is 11.7. The fourth-order valence-corrected chi connectivity index (χ4v) is 2.17. The number of nitrogens with one attached hydrogen (secondary N) is 2. The Labute approximate surface area is 137 Å². The fraction of sp³-hybridized carbons (Fsp3) is 0.118. The van der Waals surface area contributed by atoms with Gasteiger partial charge in [-0.1, -0.05) is 12.1 Å². The molecule has 0 atom stereocenters. The monoisotopic (exact) mass is 323 g/mol. The second kappa shape index (κ2) is 6.71. The van der Waals surface area contributed by atoms with Crippen LogP contribution in [0.1, 0.15) is 11.1 Å². The molecule has 1 aliphatic rings. The minimum atomic E-state index is -0.800. The molecule has 0 saturated heterocycles. The second-order valence-corrected chi connectivity index (χ2v) is 5.02. The SMILES string of the molecule is N#Cc1cccc(NC(=O)C(=O)NCc2ccc3c(c2)OCO3)c1. The zero-order valence-corrected chi connectivity index (χ0v) is 12.5. The molecular formula is C17H13N3O4. The van der Waals surface area contributed by atoms with Crippen LogP contribution in [0.3, 0.4) is 0 Å². The maximum atomic E-state index is 11.9. The van der Waals surface area contributed by atoms with Crippen LogP contribution in [-0.4, -0.2) is 18.6 Å². The number of hydrogen-bond acceptors (Lipinski definition) is 5. The predicted molar refractivity (Wildman–Crippen MR) is 84.2 cm³/mol. The van der Waals surface area contributed by atoms with Crippen LogP contribution >= 0.6 is 0 Å². The van der Waals surface area contributed by atoms with Gasteiger partial charge in [-0.3, -0.25) is 9.59 Å². The Hall–Kier alpha value is -3.53. The summed E-state index contributed by atoms with van der Waals surface area (Å²) in [6, 6.07) is 13.6. The number of nitriles is 1. The van der Waals surface area contributed by atoms with E-state index < -0.39 is 11.8 Å². The summed E-state index contributed by atoms with van der Waals surface area (Å²) in [5.41, 5.74) is 1.57. The molecule has 7 nitrogen and oxygen atoms in total. The Bertz CT molecular complexity index is 842. The molecule has 0 aromatic heterocycles. The van der Waals surface area contributed by atoms with E-state index in [1.165, 1.54) is 6.07 Å². The highest BCUT2D eigenvalue weighted by molar-refractivity contribution is 6.39. The van der Waals surface area contributed by atoms with Crippen LogP contribution < -0.4 is 20.1 Å². The summed E-state index contributed by atoms with van der Waals surface area (Å²) < 4.78 is 10.5. The molecule has 2 amide bonds. The van der Waals surface area contributed by atoms with Crippen LogP contribution in [0.2, 0.25) is 0 Å². The van der Waals surface area contributed by atoms with Gasteiger partial charge in [0.15, 0.2) is 11.5 Å². The molecule has 120 valence electrons. The van der Waals surface area contributed by atoms with Crippen molar-refractivity contribution in [1.82, 2.24) is 5.32 Å². The normalized spacial score (nSPS) is 11.5. The Morgan fingerprint density at radius 1 is 1.08 bits per heavy atom. The van der Waals surface area contributed by atoms with Crippen LogP contribution in [-0.2, 0) is 16.1 Å². The van der Waals surface area contributed by atoms with Crippen molar-refractivity contribution >= 4 is 17.5 Å². The number of amides is 2. The van der Waals surface area contributed by atoms with E-state index in [-0.39, 0.29) is 13.3 Å². The summed E-state index contributed by atoms with van der Waals surface area (Å²) in [6.45, 7) is 0.358. The van der Waals surface area contributed by atoms with Crippen LogP contribution in [0.25, 0.3) is 0 Å². The first-order valence-corrected chi connectivity index (χ1v) is 7.13. The number of rotatable bonds is 3. The lowest BCUT2D eigenvalue weighted by Crippen LogP contribution is -2.34. The van der Waals surface area contributed by atoms with Crippen LogP contribution in [0.15, 0.2) is 42.5 Å². The number of hydrogen-bond donors (Lipinski definition) is 2. The topological polar surface area (TPSA) is 100 Å². The Kier molecular flexibility index (Phi) is 4.29. The van der Waals surface area contributed by atoms with Gasteiger partial charge < -0.3 is 20.1 Å². The number of ether oxygens (including phenoxy) is 2. The maximum Gasteiger partial charge on any atom is 0.313 e. The van der Waals surface area contributed by atoms with Crippen molar-refractivity contribution in [3.05, 3.63) is 53.6 Å². The predicted octanol–water partition coefficient (Wildman–Crippen LogP) is 1.54. The first-order valence-electron chi connectivity index (χ1n) is 7.13. The van der Waals surface area contributed by atoms with E-state index in [0.29, 0.717) is 22.7 Å². The fourth-order valence-electron chi connectivity index (χ4n) is 2.17. The summed E-state index contributed by atoms with van der Waals surface area (Å²) >= 11 is 0. The highest BCUT2D eigenvalue weighted by Crippen LogP contribution is 2.32. The van der Waals surface area contributed by atoms with E-state index >= 15 is 0 Å². The zero-order chi connectivity index (χ0) is 16.9. The lowest BCUT2D eigenvalue weighted by atomic mass is 10.2. The lowest BCUT2D eigenvalue weighted by Gasteiger charge is -2.07. The summed E-state index contributed by atoms with van der Waals surface area (Å²) in [5.74, 6) is -0.305. The van der Waals surface area contributed by atoms with E-state index in [0.717, 1.165) is 5.56 Å². The van der Waals surface area contributed by atoms with Crippen LogP contribution in [0.4, 0.5) is 5.69 Å². The molecule has 1 aliphatic heterocycles. The molecule has 0 bridgehead atoms. The lowest BCUT2D eigenvalue weighted by molar-refractivity contribution is -0.136. The standard InChI is InChI=1S/C17H13N3O4/c18-8-11-2-1-3-13(6-11)20-17(22)16(21)19-9-12-4-5-14-15(7-12)24-10-23-14/h1-7H,9-10H2,(H,19,21)(H,20,22). The van der Waals surface area contributed by atoms with Gasteiger partial charge in [0.05, 0.1) is 11.6 Å². The smallest absolute Gasteiger partial charge is 0.313 e. The van der Waals surface area contributed by atoms with Crippen molar-refractivity contribution in [2.24, 2.45) is 0 Å². The van der Waals surface area contributed by atoms with Crippen molar-refractivity contribution in [2.45, 2.75) is 6.54 Å².